The molecule has 0 aliphatic rings. The van der Waals surface area contributed by atoms with E-state index in [1.807, 2.05) is 19.1 Å². The summed E-state index contributed by atoms with van der Waals surface area (Å²) in [5, 5.41) is 3.93. The van der Waals surface area contributed by atoms with Gasteiger partial charge in [-0.25, -0.2) is 9.37 Å². The third kappa shape index (κ3) is 2.95. The first kappa shape index (κ1) is 16.7. The fourth-order valence-electron chi connectivity index (χ4n) is 2.64. The molecule has 26 heavy (non-hydrogen) atoms. The molecular formula is C18H12ClFN4OS. The van der Waals surface area contributed by atoms with Crippen LogP contribution < -0.4 is 10.9 Å². The summed E-state index contributed by atoms with van der Waals surface area (Å²) in [6.07, 6.45) is 1.42. The first-order valence-corrected chi connectivity index (χ1v) is 8.88. The van der Waals surface area contributed by atoms with Crippen molar-refractivity contribution in [3.05, 3.63) is 75.5 Å². The van der Waals surface area contributed by atoms with Crippen LogP contribution in [-0.4, -0.2) is 14.5 Å². The SMILES string of the molecule is Cc1cccc(Cl)c1-n1cnc2nc(Nc3cccc(F)c3)sc2c1=O. The Bertz CT molecular complexity index is 1170. The molecule has 2 aromatic carbocycles. The number of aromatic nitrogens is 3. The van der Waals surface area contributed by atoms with Crippen molar-refractivity contribution >= 4 is 44.1 Å². The highest BCUT2D eigenvalue weighted by molar-refractivity contribution is 7.22. The summed E-state index contributed by atoms with van der Waals surface area (Å²) >= 11 is 7.43. The summed E-state index contributed by atoms with van der Waals surface area (Å²) in [7, 11) is 0. The molecule has 2 heterocycles. The van der Waals surface area contributed by atoms with E-state index in [-0.39, 0.29) is 11.4 Å². The van der Waals surface area contributed by atoms with E-state index in [1.54, 1.807) is 18.2 Å². The molecule has 0 radical (unpaired) electrons. The van der Waals surface area contributed by atoms with Gasteiger partial charge in [-0.3, -0.25) is 9.36 Å². The smallest absolute Gasteiger partial charge is 0.277 e. The lowest BCUT2D eigenvalue weighted by molar-refractivity contribution is 0.628. The van der Waals surface area contributed by atoms with Crippen molar-refractivity contribution < 1.29 is 4.39 Å². The molecule has 0 saturated heterocycles. The molecule has 4 rings (SSSR count). The zero-order valence-electron chi connectivity index (χ0n) is 13.5. The van der Waals surface area contributed by atoms with Crippen LogP contribution in [0.15, 0.2) is 53.6 Å². The molecule has 2 aromatic heterocycles. The maximum atomic E-state index is 13.3. The van der Waals surface area contributed by atoms with Gasteiger partial charge >= 0.3 is 0 Å². The first-order valence-electron chi connectivity index (χ1n) is 7.69. The third-order valence-electron chi connectivity index (χ3n) is 3.82. The molecule has 0 saturated carbocycles. The molecule has 130 valence electrons. The lowest BCUT2D eigenvalue weighted by atomic mass is 10.2. The quantitative estimate of drug-likeness (QED) is 0.555. The van der Waals surface area contributed by atoms with Gasteiger partial charge < -0.3 is 5.32 Å². The van der Waals surface area contributed by atoms with Gasteiger partial charge in [0.25, 0.3) is 5.56 Å². The van der Waals surface area contributed by atoms with Gasteiger partial charge in [-0.15, -0.1) is 0 Å². The van der Waals surface area contributed by atoms with Crippen molar-refractivity contribution in [3.8, 4) is 5.69 Å². The largest absolute Gasteiger partial charge is 0.331 e. The Morgan fingerprint density at radius 2 is 2.04 bits per heavy atom. The molecule has 4 aromatic rings. The van der Waals surface area contributed by atoms with Crippen molar-refractivity contribution in [3.63, 3.8) is 0 Å². The molecule has 8 heteroatoms. The second kappa shape index (κ2) is 6.51. The van der Waals surface area contributed by atoms with E-state index in [9.17, 15) is 9.18 Å². The number of aryl methyl sites for hydroxylation is 1. The monoisotopic (exact) mass is 386 g/mol. The Hall–Kier alpha value is -2.77. The van der Waals surface area contributed by atoms with Gasteiger partial charge in [0.15, 0.2) is 10.8 Å². The highest BCUT2D eigenvalue weighted by atomic mass is 35.5. The Morgan fingerprint density at radius 1 is 1.23 bits per heavy atom. The Morgan fingerprint density at radius 3 is 2.81 bits per heavy atom. The van der Waals surface area contributed by atoms with Gasteiger partial charge in [0, 0.05) is 5.69 Å². The lowest BCUT2D eigenvalue weighted by Gasteiger charge is -2.10. The Labute approximate surface area is 156 Å². The normalized spacial score (nSPS) is 11.0. The number of nitrogens with zero attached hydrogens (tertiary/aromatic N) is 3. The van der Waals surface area contributed by atoms with E-state index < -0.39 is 0 Å². The number of nitrogens with one attached hydrogen (secondary N) is 1. The van der Waals surface area contributed by atoms with E-state index in [0.717, 1.165) is 16.9 Å². The van der Waals surface area contributed by atoms with Crippen LogP contribution in [0.25, 0.3) is 16.0 Å². The van der Waals surface area contributed by atoms with Gasteiger partial charge in [-0.05, 0) is 36.8 Å². The summed E-state index contributed by atoms with van der Waals surface area (Å²) in [5.41, 5.74) is 2.09. The number of benzene rings is 2. The van der Waals surface area contributed by atoms with Crippen molar-refractivity contribution in [1.29, 1.82) is 0 Å². The zero-order valence-corrected chi connectivity index (χ0v) is 15.1. The fraction of sp³-hybridized carbons (Fsp3) is 0.0556. The number of anilines is 2. The van der Waals surface area contributed by atoms with E-state index in [0.29, 0.717) is 31.9 Å². The van der Waals surface area contributed by atoms with Gasteiger partial charge in [-0.1, -0.05) is 41.1 Å². The maximum Gasteiger partial charge on any atom is 0.277 e. The van der Waals surface area contributed by atoms with E-state index in [4.69, 9.17) is 11.6 Å². The summed E-state index contributed by atoms with van der Waals surface area (Å²) < 4.78 is 15.1. The molecule has 1 N–H and O–H groups in total. The third-order valence-corrected chi connectivity index (χ3v) is 5.08. The lowest BCUT2D eigenvalue weighted by Crippen LogP contribution is -2.19. The summed E-state index contributed by atoms with van der Waals surface area (Å²) in [4.78, 5) is 21.5. The molecule has 0 aliphatic carbocycles. The minimum atomic E-state index is -0.356. The molecule has 0 fully saturated rings. The topological polar surface area (TPSA) is 59.8 Å². The number of hydrogen-bond donors (Lipinski definition) is 1. The summed E-state index contributed by atoms with van der Waals surface area (Å²) in [5.74, 6) is -0.356. The van der Waals surface area contributed by atoms with Crippen LogP contribution in [0, 0.1) is 12.7 Å². The van der Waals surface area contributed by atoms with Crippen LogP contribution in [0.5, 0.6) is 0 Å². The number of hydrogen-bond acceptors (Lipinski definition) is 5. The van der Waals surface area contributed by atoms with Gasteiger partial charge in [-0.2, -0.15) is 4.98 Å². The second-order valence-corrected chi connectivity index (χ2v) is 7.04. The molecule has 0 spiro atoms. The van der Waals surface area contributed by atoms with Crippen LogP contribution in [0.3, 0.4) is 0 Å². The van der Waals surface area contributed by atoms with E-state index in [2.05, 4.69) is 15.3 Å². The fourth-order valence-corrected chi connectivity index (χ4v) is 3.83. The van der Waals surface area contributed by atoms with Gasteiger partial charge in [0.2, 0.25) is 0 Å². The predicted molar refractivity (Wildman–Crippen MR) is 102 cm³/mol. The Kier molecular flexibility index (Phi) is 4.18. The molecule has 0 bridgehead atoms. The van der Waals surface area contributed by atoms with Crippen molar-refractivity contribution in [1.82, 2.24) is 14.5 Å². The predicted octanol–water partition coefficient (Wildman–Crippen LogP) is 4.69. The number of halogens is 2. The van der Waals surface area contributed by atoms with E-state index >= 15 is 0 Å². The van der Waals surface area contributed by atoms with Crippen LogP contribution in [0.2, 0.25) is 5.02 Å². The Balaban J connectivity index is 1.80. The summed E-state index contributed by atoms with van der Waals surface area (Å²) in [6, 6.07) is 11.4. The average molecular weight is 387 g/mol. The molecule has 0 aliphatic heterocycles. The van der Waals surface area contributed by atoms with Crippen molar-refractivity contribution in [2.24, 2.45) is 0 Å². The highest BCUT2D eigenvalue weighted by Gasteiger charge is 2.15. The average Bonchev–Trinajstić information content (AvgIpc) is 3.00. The molecule has 0 amide bonds. The minimum Gasteiger partial charge on any atom is -0.331 e. The zero-order chi connectivity index (χ0) is 18.3. The van der Waals surface area contributed by atoms with Crippen LogP contribution in [0.4, 0.5) is 15.2 Å². The maximum absolute atomic E-state index is 13.3. The summed E-state index contributed by atoms with van der Waals surface area (Å²) in [6.45, 7) is 1.88. The highest BCUT2D eigenvalue weighted by Crippen LogP contribution is 2.27. The van der Waals surface area contributed by atoms with Crippen molar-refractivity contribution in [2.75, 3.05) is 5.32 Å². The minimum absolute atomic E-state index is 0.254. The van der Waals surface area contributed by atoms with Gasteiger partial charge in [0.1, 0.15) is 16.8 Å². The van der Waals surface area contributed by atoms with Crippen LogP contribution in [0.1, 0.15) is 5.56 Å². The molecule has 5 nitrogen and oxygen atoms in total. The number of fused-ring (bicyclic) bond motifs is 1. The molecule has 0 unspecified atom stereocenters. The number of thiazole rings is 1. The van der Waals surface area contributed by atoms with Crippen LogP contribution >= 0.6 is 22.9 Å². The standard InChI is InChI=1S/C18H12ClFN4OS/c1-10-4-2-7-13(19)14(10)24-9-21-16-15(17(24)25)26-18(23-16)22-12-6-3-5-11(20)8-12/h2-9H,1H3,(H,22,23). The number of rotatable bonds is 3. The van der Waals surface area contributed by atoms with Crippen LogP contribution in [-0.2, 0) is 0 Å². The van der Waals surface area contributed by atoms with Gasteiger partial charge in [0.05, 0.1) is 10.7 Å². The molecular weight excluding hydrogens is 375 g/mol. The second-order valence-electron chi connectivity index (χ2n) is 5.63. The molecule has 0 atom stereocenters. The van der Waals surface area contributed by atoms with E-state index in [1.165, 1.54) is 23.0 Å². The van der Waals surface area contributed by atoms with Crippen molar-refractivity contribution in [2.45, 2.75) is 6.92 Å². The first-order chi connectivity index (χ1) is 12.5. The number of para-hydroxylation sites is 1.